The number of hydrogen-bond acceptors (Lipinski definition) is 4. The average molecular weight is 245 g/mol. The van der Waals surface area contributed by atoms with Crippen LogP contribution in [0.3, 0.4) is 0 Å². The van der Waals surface area contributed by atoms with Crippen molar-refractivity contribution in [1.29, 1.82) is 0 Å². The quantitative estimate of drug-likeness (QED) is 0.866. The van der Waals surface area contributed by atoms with Crippen LogP contribution < -0.4 is 10.6 Å². The number of nitrogens with zero attached hydrogens (tertiary/aromatic N) is 2. The predicted octanol–water partition coefficient (Wildman–Crippen LogP) is 2.11. The van der Waals surface area contributed by atoms with Gasteiger partial charge in [-0.1, -0.05) is 6.07 Å². The molecule has 18 heavy (non-hydrogen) atoms. The Morgan fingerprint density at radius 3 is 2.89 bits per heavy atom. The van der Waals surface area contributed by atoms with Crippen LogP contribution >= 0.6 is 0 Å². The molecule has 96 valence electrons. The van der Waals surface area contributed by atoms with Crippen molar-refractivity contribution in [3.05, 3.63) is 30.5 Å². The number of aromatic hydroxyl groups is 1. The summed E-state index contributed by atoms with van der Waals surface area (Å²) in [6.07, 6.45) is 2.70. The van der Waals surface area contributed by atoms with Crippen LogP contribution in [0.1, 0.15) is 13.3 Å². The molecule has 0 saturated carbocycles. The smallest absolute Gasteiger partial charge is 0.136 e. The van der Waals surface area contributed by atoms with E-state index in [4.69, 9.17) is 5.73 Å². The van der Waals surface area contributed by atoms with Crippen LogP contribution in [0.5, 0.6) is 5.75 Å². The molecule has 0 amide bonds. The number of pyridine rings is 1. The summed E-state index contributed by atoms with van der Waals surface area (Å²) in [5, 5.41) is 11.6. The molecule has 0 spiro atoms. The molecule has 0 saturated heterocycles. The fourth-order valence-corrected chi connectivity index (χ4v) is 1.95. The number of hydrogen-bond donors (Lipinski definition) is 2. The molecule has 2 aromatic rings. The summed E-state index contributed by atoms with van der Waals surface area (Å²) >= 11 is 0. The molecule has 1 aromatic heterocycles. The minimum Gasteiger partial charge on any atom is -0.508 e. The number of fused-ring (bicyclic) bond motifs is 1. The van der Waals surface area contributed by atoms with Crippen LogP contribution in [-0.2, 0) is 0 Å². The van der Waals surface area contributed by atoms with Gasteiger partial charge in [-0.2, -0.15) is 0 Å². The number of nitrogens with two attached hydrogens (primary N) is 1. The number of anilines is 1. The zero-order chi connectivity index (χ0) is 13.1. The summed E-state index contributed by atoms with van der Waals surface area (Å²) < 4.78 is 0. The summed E-state index contributed by atoms with van der Waals surface area (Å²) in [7, 11) is 1.99. The van der Waals surface area contributed by atoms with Gasteiger partial charge in [0.2, 0.25) is 0 Å². The summed E-state index contributed by atoms with van der Waals surface area (Å²) in [6.45, 7) is 2.84. The summed E-state index contributed by atoms with van der Waals surface area (Å²) in [4.78, 5) is 6.47. The molecule has 1 unspecified atom stereocenters. The van der Waals surface area contributed by atoms with Gasteiger partial charge >= 0.3 is 0 Å². The number of phenols is 1. The van der Waals surface area contributed by atoms with Gasteiger partial charge in [-0.25, -0.2) is 4.98 Å². The van der Waals surface area contributed by atoms with Gasteiger partial charge < -0.3 is 15.7 Å². The third-order valence-electron chi connectivity index (χ3n) is 3.01. The van der Waals surface area contributed by atoms with Crippen LogP contribution in [-0.4, -0.2) is 29.7 Å². The van der Waals surface area contributed by atoms with Gasteiger partial charge in [-0.15, -0.1) is 0 Å². The van der Waals surface area contributed by atoms with E-state index in [2.05, 4.69) is 9.88 Å². The normalized spacial score (nSPS) is 12.6. The summed E-state index contributed by atoms with van der Waals surface area (Å²) in [5.41, 5.74) is 5.77. The van der Waals surface area contributed by atoms with Crippen molar-refractivity contribution in [2.24, 2.45) is 5.73 Å². The molecule has 4 nitrogen and oxygen atoms in total. The van der Waals surface area contributed by atoms with E-state index in [-0.39, 0.29) is 11.8 Å². The van der Waals surface area contributed by atoms with Gasteiger partial charge in [-0.3, -0.25) is 0 Å². The molecule has 0 fully saturated rings. The Kier molecular flexibility index (Phi) is 3.67. The third-order valence-corrected chi connectivity index (χ3v) is 3.01. The van der Waals surface area contributed by atoms with Crippen LogP contribution in [0.15, 0.2) is 30.5 Å². The topological polar surface area (TPSA) is 62.4 Å². The first-order valence-corrected chi connectivity index (χ1v) is 6.12. The first kappa shape index (κ1) is 12.6. The zero-order valence-corrected chi connectivity index (χ0v) is 10.8. The largest absolute Gasteiger partial charge is 0.508 e. The second-order valence-electron chi connectivity index (χ2n) is 4.73. The van der Waals surface area contributed by atoms with Crippen molar-refractivity contribution in [3.8, 4) is 5.75 Å². The van der Waals surface area contributed by atoms with Crippen molar-refractivity contribution in [2.75, 3.05) is 18.5 Å². The summed E-state index contributed by atoms with van der Waals surface area (Å²) in [6, 6.07) is 7.46. The fraction of sp³-hybridized carbons (Fsp3) is 0.357. The van der Waals surface area contributed by atoms with Crippen molar-refractivity contribution in [3.63, 3.8) is 0 Å². The molecule has 0 aliphatic carbocycles. The Morgan fingerprint density at radius 2 is 2.17 bits per heavy atom. The molecule has 1 heterocycles. The maximum atomic E-state index is 9.59. The van der Waals surface area contributed by atoms with E-state index in [1.165, 1.54) is 0 Å². The van der Waals surface area contributed by atoms with Gasteiger partial charge in [-0.05, 0) is 36.9 Å². The molecule has 0 bridgehead atoms. The molecule has 0 aliphatic heterocycles. The Balaban J connectivity index is 2.34. The predicted molar refractivity (Wildman–Crippen MR) is 74.9 cm³/mol. The Hall–Kier alpha value is -1.81. The van der Waals surface area contributed by atoms with Crippen LogP contribution in [0.2, 0.25) is 0 Å². The maximum absolute atomic E-state index is 9.59. The average Bonchev–Trinajstić information content (AvgIpc) is 2.35. The van der Waals surface area contributed by atoms with Gasteiger partial charge in [0.05, 0.1) is 0 Å². The summed E-state index contributed by atoms with van der Waals surface area (Å²) in [5.74, 6) is 1.14. The molecule has 3 N–H and O–H groups in total. The monoisotopic (exact) mass is 245 g/mol. The van der Waals surface area contributed by atoms with Crippen LogP contribution in [0, 0.1) is 0 Å². The lowest BCUT2D eigenvalue weighted by Crippen LogP contribution is -2.26. The Labute approximate surface area is 107 Å². The van der Waals surface area contributed by atoms with Crippen molar-refractivity contribution >= 4 is 16.6 Å². The highest BCUT2D eigenvalue weighted by Crippen LogP contribution is 2.27. The number of benzene rings is 1. The number of rotatable bonds is 4. The standard InChI is InChI=1S/C14H19N3O/c1-10(15)6-8-17(2)14-13-9-12(18)4-3-11(13)5-7-16-14/h3-5,7,9-10,18H,6,8,15H2,1-2H3. The molecular formula is C14H19N3O. The van der Waals surface area contributed by atoms with Crippen LogP contribution in [0.4, 0.5) is 5.82 Å². The molecule has 0 radical (unpaired) electrons. The second-order valence-corrected chi connectivity index (χ2v) is 4.73. The molecule has 1 atom stereocenters. The van der Waals surface area contributed by atoms with E-state index >= 15 is 0 Å². The first-order valence-electron chi connectivity index (χ1n) is 6.12. The van der Waals surface area contributed by atoms with Gasteiger partial charge in [0.15, 0.2) is 0 Å². The Bertz CT molecular complexity index is 540. The molecular weight excluding hydrogens is 226 g/mol. The van der Waals surface area contributed by atoms with E-state index in [9.17, 15) is 5.11 Å². The van der Waals surface area contributed by atoms with Crippen molar-refractivity contribution in [1.82, 2.24) is 4.98 Å². The van der Waals surface area contributed by atoms with E-state index < -0.39 is 0 Å². The van der Waals surface area contributed by atoms with Gasteiger partial charge in [0.25, 0.3) is 0 Å². The lowest BCUT2D eigenvalue weighted by molar-refractivity contribution is 0.476. The third kappa shape index (κ3) is 2.71. The second kappa shape index (κ2) is 5.23. The van der Waals surface area contributed by atoms with Crippen LogP contribution in [0.25, 0.3) is 10.8 Å². The van der Waals surface area contributed by atoms with Gasteiger partial charge in [0.1, 0.15) is 11.6 Å². The van der Waals surface area contributed by atoms with Gasteiger partial charge in [0, 0.05) is 31.2 Å². The molecule has 4 heteroatoms. The van der Waals surface area contributed by atoms with E-state index in [0.717, 1.165) is 29.6 Å². The fourth-order valence-electron chi connectivity index (χ4n) is 1.95. The van der Waals surface area contributed by atoms with E-state index in [0.29, 0.717) is 0 Å². The molecule has 0 aliphatic rings. The highest BCUT2D eigenvalue weighted by atomic mass is 16.3. The molecule has 2 rings (SSSR count). The lowest BCUT2D eigenvalue weighted by atomic mass is 10.1. The molecule has 1 aromatic carbocycles. The lowest BCUT2D eigenvalue weighted by Gasteiger charge is -2.20. The minimum atomic E-state index is 0.177. The first-order chi connectivity index (χ1) is 8.58. The van der Waals surface area contributed by atoms with Crippen molar-refractivity contribution < 1.29 is 5.11 Å². The van der Waals surface area contributed by atoms with E-state index in [1.807, 2.05) is 26.1 Å². The zero-order valence-electron chi connectivity index (χ0n) is 10.8. The number of phenolic OH excluding ortho intramolecular Hbond substituents is 1. The van der Waals surface area contributed by atoms with Crippen molar-refractivity contribution in [2.45, 2.75) is 19.4 Å². The highest BCUT2D eigenvalue weighted by molar-refractivity contribution is 5.93. The maximum Gasteiger partial charge on any atom is 0.136 e. The highest BCUT2D eigenvalue weighted by Gasteiger charge is 2.08. The van der Waals surface area contributed by atoms with E-state index in [1.54, 1.807) is 18.3 Å². The Morgan fingerprint density at radius 1 is 1.39 bits per heavy atom. The minimum absolute atomic E-state index is 0.177. The SMILES string of the molecule is CC(N)CCN(C)c1nccc2ccc(O)cc12. The number of aromatic nitrogens is 1.